The van der Waals surface area contributed by atoms with E-state index in [-0.39, 0.29) is 11.9 Å². The molecular formula is C18H21N3O3S2. The largest absolute Gasteiger partial charge is 0.462 e. The minimum absolute atomic E-state index is 0.222. The Labute approximate surface area is 159 Å². The van der Waals surface area contributed by atoms with Crippen molar-refractivity contribution in [1.29, 1.82) is 0 Å². The Bertz CT molecular complexity index is 963. The number of anilines is 1. The van der Waals surface area contributed by atoms with Gasteiger partial charge in [0.25, 0.3) is 5.91 Å². The summed E-state index contributed by atoms with van der Waals surface area (Å²) >= 11 is 2.80. The van der Waals surface area contributed by atoms with Crippen molar-refractivity contribution in [3.63, 3.8) is 0 Å². The van der Waals surface area contributed by atoms with Gasteiger partial charge in [0.05, 0.1) is 22.7 Å². The lowest BCUT2D eigenvalue weighted by atomic mass is 10.1. The lowest BCUT2D eigenvalue weighted by Gasteiger charge is -2.07. The first kappa shape index (κ1) is 18.6. The maximum Gasteiger partial charge on any atom is 0.341 e. The van der Waals surface area contributed by atoms with Gasteiger partial charge in [-0.1, -0.05) is 6.92 Å². The summed E-state index contributed by atoms with van der Waals surface area (Å²) in [7, 11) is 1.86. The molecule has 3 aromatic rings. The van der Waals surface area contributed by atoms with E-state index in [2.05, 4.69) is 10.4 Å². The zero-order valence-electron chi connectivity index (χ0n) is 15.4. The number of nitrogens with zero attached hydrogens (tertiary/aromatic N) is 2. The number of amides is 1. The molecule has 1 N–H and O–H groups in total. The van der Waals surface area contributed by atoms with Crippen LogP contribution in [0.25, 0.3) is 10.2 Å². The second-order valence-corrected chi connectivity index (χ2v) is 8.16. The molecular weight excluding hydrogens is 370 g/mol. The smallest absolute Gasteiger partial charge is 0.341 e. The molecule has 8 heteroatoms. The summed E-state index contributed by atoms with van der Waals surface area (Å²) < 4.78 is 6.96. The number of aromatic nitrogens is 2. The molecule has 138 valence electrons. The average Bonchev–Trinajstić information content (AvgIpc) is 3.22. The number of hydrogen-bond acceptors (Lipinski definition) is 6. The van der Waals surface area contributed by atoms with Gasteiger partial charge < -0.3 is 10.1 Å². The first-order valence-electron chi connectivity index (χ1n) is 8.41. The number of carbonyl (C=O) groups excluding carboxylic acids is 2. The molecule has 1 amide bonds. The van der Waals surface area contributed by atoms with Gasteiger partial charge in [0.15, 0.2) is 0 Å². The Hall–Kier alpha value is -2.19. The summed E-state index contributed by atoms with van der Waals surface area (Å²) in [6, 6.07) is 1.85. The monoisotopic (exact) mass is 391 g/mol. The van der Waals surface area contributed by atoms with Crippen LogP contribution in [0, 0.1) is 13.8 Å². The molecule has 0 aromatic carbocycles. The third-order valence-electron chi connectivity index (χ3n) is 4.19. The van der Waals surface area contributed by atoms with E-state index in [1.165, 1.54) is 22.7 Å². The molecule has 26 heavy (non-hydrogen) atoms. The van der Waals surface area contributed by atoms with E-state index in [1.807, 2.05) is 33.9 Å². The van der Waals surface area contributed by atoms with Gasteiger partial charge in [-0.3, -0.25) is 9.48 Å². The molecule has 0 spiro atoms. The Morgan fingerprint density at radius 1 is 1.27 bits per heavy atom. The highest BCUT2D eigenvalue weighted by Gasteiger charge is 2.24. The molecule has 3 heterocycles. The third kappa shape index (κ3) is 3.14. The average molecular weight is 392 g/mol. The number of hydrogen-bond donors (Lipinski definition) is 1. The zero-order valence-corrected chi connectivity index (χ0v) is 17.1. The number of ether oxygens (including phenoxy) is 1. The highest BCUT2D eigenvalue weighted by Crippen LogP contribution is 2.35. The standard InChI is InChI=1S/C18H21N3O3S2/c1-6-11-10(4)25-16(14(11)18(23)24-7-2)19-15(22)13-8-12-9(3)20-21(5)17(12)26-13/h8H,6-7H2,1-5H3,(H,19,22). The van der Waals surface area contributed by atoms with Crippen molar-refractivity contribution in [1.82, 2.24) is 9.78 Å². The lowest BCUT2D eigenvalue weighted by molar-refractivity contribution is 0.0527. The molecule has 3 rings (SSSR count). The van der Waals surface area contributed by atoms with Crippen LogP contribution in [0.5, 0.6) is 0 Å². The summed E-state index contributed by atoms with van der Waals surface area (Å²) in [4.78, 5) is 27.7. The van der Waals surface area contributed by atoms with Gasteiger partial charge in [-0.05, 0) is 38.8 Å². The van der Waals surface area contributed by atoms with Gasteiger partial charge in [0.1, 0.15) is 9.83 Å². The van der Waals surface area contributed by atoms with Gasteiger partial charge >= 0.3 is 5.97 Å². The predicted octanol–water partition coefficient (Wildman–Crippen LogP) is 4.30. The van der Waals surface area contributed by atoms with E-state index in [4.69, 9.17) is 4.74 Å². The molecule has 0 aliphatic rings. The van der Waals surface area contributed by atoms with Crippen molar-refractivity contribution in [2.75, 3.05) is 11.9 Å². The molecule has 0 saturated heterocycles. The number of esters is 1. The van der Waals surface area contributed by atoms with Crippen LogP contribution in [0.1, 0.15) is 50.0 Å². The Balaban J connectivity index is 1.95. The maximum atomic E-state index is 12.8. The van der Waals surface area contributed by atoms with E-state index >= 15 is 0 Å². The lowest BCUT2D eigenvalue weighted by Crippen LogP contribution is -2.14. The first-order chi connectivity index (χ1) is 12.4. The Morgan fingerprint density at radius 3 is 2.62 bits per heavy atom. The fourth-order valence-corrected chi connectivity index (χ4v) is 5.14. The summed E-state index contributed by atoms with van der Waals surface area (Å²) in [5.41, 5.74) is 2.30. The van der Waals surface area contributed by atoms with Crippen LogP contribution in [0.4, 0.5) is 5.00 Å². The normalized spacial score (nSPS) is 11.1. The molecule has 0 aliphatic carbocycles. The van der Waals surface area contributed by atoms with E-state index in [0.717, 1.165) is 26.4 Å². The van der Waals surface area contributed by atoms with Gasteiger partial charge in [-0.2, -0.15) is 5.10 Å². The van der Waals surface area contributed by atoms with Gasteiger partial charge in [-0.25, -0.2) is 4.79 Å². The fourth-order valence-electron chi connectivity index (χ4n) is 2.99. The van der Waals surface area contributed by atoms with Gasteiger partial charge in [-0.15, -0.1) is 22.7 Å². The number of carbonyl (C=O) groups is 2. The van der Waals surface area contributed by atoms with Crippen molar-refractivity contribution in [2.24, 2.45) is 7.05 Å². The van der Waals surface area contributed by atoms with Crippen LogP contribution in [-0.4, -0.2) is 28.3 Å². The molecule has 0 radical (unpaired) electrons. The number of rotatable bonds is 5. The SMILES string of the molecule is CCOC(=O)c1c(NC(=O)c2cc3c(C)nn(C)c3s2)sc(C)c1CC. The number of fused-ring (bicyclic) bond motifs is 1. The molecule has 0 fully saturated rings. The molecule has 0 aliphatic heterocycles. The number of thiophene rings is 2. The number of aryl methyl sites for hydroxylation is 3. The van der Waals surface area contributed by atoms with Crippen LogP contribution in [0.15, 0.2) is 6.07 Å². The van der Waals surface area contributed by atoms with Crippen LogP contribution in [0.2, 0.25) is 0 Å². The maximum absolute atomic E-state index is 12.8. The number of nitrogens with one attached hydrogen (secondary N) is 1. The quantitative estimate of drug-likeness (QED) is 0.658. The Kier molecular flexibility index (Phi) is 5.15. The molecule has 0 bridgehead atoms. The summed E-state index contributed by atoms with van der Waals surface area (Å²) in [6.45, 7) is 7.94. The molecule has 0 atom stereocenters. The molecule has 6 nitrogen and oxygen atoms in total. The molecule has 3 aromatic heterocycles. The van der Waals surface area contributed by atoms with Crippen molar-refractivity contribution in [3.05, 3.63) is 32.6 Å². The van der Waals surface area contributed by atoms with Crippen LogP contribution < -0.4 is 5.32 Å². The topological polar surface area (TPSA) is 73.2 Å². The van der Waals surface area contributed by atoms with E-state index in [0.29, 0.717) is 28.5 Å². The minimum Gasteiger partial charge on any atom is -0.462 e. The highest BCUT2D eigenvalue weighted by molar-refractivity contribution is 7.21. The third-order valence-corrected chi connectivity index (χ3v) is 6.45. The van der Waals surface area contributed by atoms with Gasteiger partial charge in [0, 0.05) is 17.3 Å². The summed E-state index contributed by atoms with van der Waals surface area (Å²) in [5, 5.41) is 8.79. The summed E-state index contributed by atoms with van der Waals surface area (Å²) in [5.74, 6) is -0.611. The second-order valence-electron chi connectivity index (χ2n) is 5.91. The fraction of sp³-hybridized carbons (Fsp3) is 0.389. The van der Waals surface area contributed by atoms with Crippen molar-refractivity contribution in [2.45, 2.75) is 34.1 Å². The van der Waals surface area contributed by atoms with Crippen LogP contribution >= 0.6 is 22.7 Å². The van der Waals surface area contributed by atoms with Crippen LogP contribution in [0.3, 0.4) is 0 Å². The Morgan fingerprint density at radius 2 is 2.00 bits per heavy atom. The predicted molar refractivity (Wildman–Crippen MR) is 106 cm³/mol. The van der Waals surface area contributed by atoms with Crippen molar-refractivity contribution in [3.8, 4) is 0 Å². The second kappa shape index (κ2) is 7.20. The van der Waals surface area contributed by atoms with Crippen LogP contribution in [-0.2, 0) is 18.2 Å². The van der Waals surface area contributed by atoms with E-state index in [1.54, 1.807) is 11.6 Å². The highest BCUT2D eigenvalue weighted by atomic mass is 32.1. The first-order valence-corrected chi connectivity index (χ1v) is 10.0. The molecule has 0 unspecified atom stereocenters. The summed E-state index contributed by atoms with van der Waals surface area (Å²) in [6.07, 6.45) is 0.708. The van der Waals surface area contributed by atoms with Crippen molar-refractivity contribution < 1.29 is 14.3 Å². The van der Waals surface area contributed by atoms with Crippen molar-refractivity contribution >= 4 is 49.8 Å². The van der Waals surface area contributed by atoms with E-state index < -0.39 is 0 Å². The van der Waals surface area contributed by atoms with E-state index in [9.17, 15) is 9.59 Å². The van der Waals surface area contributed by atoms with Gasteiger partial charge in [0.2, 0.25) is 0 Å². The zero-order chi connectivity index (χ0) is 19.0. The minimum atomic E-state index is -0.389. The molecule has 0 saturated carbocycles.